The molecule has 1 aromatic heterocycles. The van der Waals surface area contributed by atoms with E-state index in [-0.39, 0.29) is 17.9 Å². The van der Waals surface area contributed by atoms with Gasteiger partial charge in [0.2, 0.25) is 12.4 Å². The fourth-order valence-corrected chi connectivity index (χ4v) is 4.80. The number of hydrogen-bond acceptors (Lipinski definition) is 12. The average molecular weight is 605 g/mol. The predicted molar refractivity (Wildman–Crippen MR) is 133 cm³/mol. The molecule has 224 valence electrons. The lowest BCUT2D eigenvalue weighted by Gasteiger charge is -2.43. The Hall–Kier alpha value is -3.85. The monoisotopic (exact) mass is 604 g/mol. The lowest BCUT2D eigenvalue weighted by Crippen LogP contribution is -2.63. The van der Waals surface area contributed by atoms with Crippen molar-refractivity contribution in [2.75, 3.05) is 6.61 Å². The molecule has 2 aromatic rings. The Morgan fingerprint density at radius 1 is 0.829 bits per heavy atom. The van der Waals surface area contributed by atoms with E-state index >= 15 is 0 Å². The molecule has 3 rings (SSSR count). The van der Waals surface area contributed by atoms with Crippen LogP contribution >= 0.6 is 11.3 Å². The zero-order valence-corrected chi connectivity index (χ0v) is 23.1. The van der Waals surface area contributed by atoms with Crippen LogP contribution in [-0.4, -0.2) is 67.6 Å². The molecule has 0 amide bonds. The molecule has 11 nitrogen and oxygen atoms in total. The summed E-state index contributed by atoms with van der Waals surface area (Å²) < 4.78 is 74.5. The Morgan fingerprint density at radius 2 is 1.41 bits per heavy atom. The van der Waals surface area contributed by atoms with Gasteiger partial charge >= 0.3 is 30.2 Å². The second kappa shape index (κ2) is 13.7. The van der Waals surface area contributed by atoms with E-state index in [1.54, 1.807) is 11.4 Å². The number of ether oxygens (including phenoxy) is 7. The number of esters is 4. The van der Waals surface area contributed by atoms with Crippen LogP contribution in [0.15, 0.2) is 35.7 Å². The smallest absolute Gasteiger partial charge is 0.463 e. The Labute approximate surface area is 236 Å². The first-order chi connectivity index (χ1) is 19.2. The van der Waals surface area contributed by atoms with Gasteiger partial charge in [-0.15, -0.1) is 24.5 Å². The maximum Gasteiger partial charge on any atom is 0.573 e. The van der Waals surface area contributed by atoms with E-state index in [0.717, 1.165) is 27.7 Å². The number of alkyl halides is 3. The van der Waals surface area contributed by atoms with Crippen LogP contribution in [-0.2, 0) is 49.3 Å². The van der Waals surface area contributed by atoms with Gasteiger partial charge in [-0.05, 0) is 29.1 Å². The minimum Gasteiger partial charge on any atom is -0.463 e. The standard InChI is InChI=1S/C26H27F3O11S/c1-13(30)34-12-20-22(35-14(2)31)23(36-15(3)32)24(37-16(4)33)25(39-20)38-19-9-10-41-21(19)11-17-5-7-18(8-6-17)40-26(27,28)29/h5-10,20,22-25H,11-12H2,1-4H3. The molecular weight excluding hydrogens is 577 g/mol. The molecule has 0 saturated carbocycles. The van der Waals surface area contributed by atoms with E-state index in [9.17, 15) is 32.3 Å². The summed E-state index contributed by atoms with van der Waals surface area (Å²) in [5.41, 5.74) is 0.633. The van der Waals surface area contributed by atoms with Crippen molar-refractivity contribution in [2.24, 2.45) is 0 Å². The van der Waals surface area contributed by atoms with Crippen molar-refractivity contribution in [3.8, 4) is 11.5 Å². The Balaban J connectivity index is 1.90. The molecule has 1 aliphatic rings. The van der Waals surface area contributed by atoms with Crippen molar-refractivity contribution < 1.29 is 65.5 Å². The van der Waals surface area contributed by atoms with Crippen molar-refractivity contribution in [1.82, 2.24) is 0 Å². The lowest BCUT2D eigenvalue weighted by molar-refractivity contribution is -0.288. The van der Waals surface area contributed by atoms with Crippen molar-refractivity contribution in [2.45, 2.75) is 71.2 Å². The summed E-state index contributed by atoms with van der Waals surface area (Å²) in [7, 11) is 0. The van der Waals surface area contributed by atoms with E-state index in [4.69, 9.17) is 28.4 Å². The molecule has 0 bridgehead atoms. The van der Waals surface area contributed by atoms with Gasteiger partial charge < -0.3 is 33.2 Å². The second-order valence-electron chi connectivity index (χ2n) is 8.76. The van der Waals surface area contributed by atoms with Crippen LogP contribution in [0, 0.1) is 0 Å². The number of carbonyl (C=O) groups is 4. The van der Waals surface area contributed by atoms with Gasteiger partial charge in [-0.3, -0.25) is 19.2 Å². The highest BCUT2D eigenvalue weighted by molar-refractivity contribution is 7.10. The van der Waals surface area contributed by atoms with Crippen LogP contribution in [0.4, 0.5) is 13.2 Å². The summed E-state index contributed by atoms with van der Waals surface area (Å²) in [4.78, 5) is 48.0. The summed E-state index contributed by atoms with van der Waals surface area (Å²) in [5, 5.41) is 1.69. The Bertz CT molecular complexity index is 1230. The highest BCUT2D eigenvalue weighted by Gasteiger charge is 2.53. The SMILES string of the molecule is CC(=O)OCC1OC(Oc2ccsc2Cc2ccc(OC(F)(F)F)cc2)C(OC(C)=O)C(OC(C)=O)C1OC(C)=O. The summed E-state index contributed by atoms with van der Waals surface area (Å²) in [5.74, 6) is -3.10. The van der Waals surface area contributed by atoms with Gasteiger partial charge in [0.05, 0.1) is 4.88 Å². The van der Waals surface area contributed by atoms with Crippen LogP contribution in [0.3, 0.4) is 0 Å². The molecular formula is C26H27F3O11S. The van der Waals surface area contributed by atoms with Crippen LogP contribution < -0.4 is 9.47 Å². The molecule has 5 atom stereocenters. The third-order valence-corrected chi connectivity index (χ3v) is 6.32. The third-order valence-electron chi connectivity index (χ3n) is 5.42. The van der Waals surface area contributed by atoms with Crippen molar-refractivity contribution >= 4 is 35.2 Å². The molecule has 15 heteroatoms. The summed E-state index contributed by atoms with van der Waals surface area (Å²) >= 11 is 1.27. The van der Waals surface area contributed by atoms with Crippen LogP contribution in [0.5, 0.6) is 11.5 Å². The molecule has 1 saturated heterocycles. The molecule has 1 aliphatic heterocycles. The van der Waals surface area contributed by atoms with Crippen molar-refractivity contribution in [3.05, 3.63) is 46.2 Å². The fourth-order valence-electron chi connectivity index (χ4n) is 3.97. The van der Waals surface area contributed by atoms with Crippen molar-refractivity contribution in [3.63, 3.8) is 0 Å². The van der Waals surface area contributed by atoms with Gasteiger partial charge in [0, 0.05) is 34.1 Å². The van der Waals surface area contributed by atoms with E-state index < -0.39 is 67.6 Å². The quantitative estimate of drug-likeness (QED) is 0.290. The zero-order valence-electron chi connectivity index (χ0n) is 22.3. The maximum absolute atomic E-state index is 12.5. The molecule has 1 aromatic carbocycles. The second-order valence-corrected chi connectivity index (χ2v) is 9.76. The van der Waals surface area contributed by atoms with Crippen molar-refractivity contribution in [1.29, 1.82) is 0 Å². The fraction of sp³-hybridized carbons (Fsp3) is 0.462. The molecule has 0 N–H and O–H groups in total. The van der Waals surface area contributed by atoms with E-state index in [2.05, 4.69) is 4.74 Å². The van der Waals surface area contributed by atoms with Gasteiger partial charge in [-0.1, -0.05) is 12.1 Å². The summed E-state index contributed by atoms with van der Waals surface area (Å²) in [6.45, 7) is 4.05. The highest BCUT2D eigenvalue weighted by Crippen LogP contribution is 2.35. The zero-order chi connectivity index (χ0) is 30.3. The largest absolute Gasteiger partial charge is 0.573 e. The summed E-state index contributed by atoms with van der Waals surface area (Å²) in [6.07, 6.45) is -11.3. The van der Waals surface area contributed by atoms with Crippen LogP contribution in [0.2, 0.25) is 0 Å². The number of rotatable bonds is 10. The Kier molecular flexibility index (Phi) is 10.6. The predicted octanol–water partition coefficient (Wildman–Crippen LogP) is 3.70. The first kappa shape index (κ1) is 31.7. The molecule has 41 heavy (non-hydrogen) atoms. The minimum atomic E-state index is -4.82. The van der Waals surface area contributed by atoms with E-state index in [0.29, 0.717) is 10.4 Å². The molecule has 1 fully saturated rings. The molecule has 0 aliphatic carbocycles. The van der Waals surface area contributed by atoms with Gasteiger partial charge in [0.1, 0.15) is 24.2 Å². The normalized spacial score (nSPS) is 22.3. The molecule has 0 spiro atoms. The third kappa shape index (κ3) is 9.63. The number of hydrogen-bond donors (Lipinski definition) is 0. The van der Waals surface area contributed by atoms with Gasteiger partial charge in [0.25, 0.3) is 0 Å². The number of thiophene rings is 1. The van der Waals surface area contributed by atoms with Gasteiger partial charge in [0.15, 0.2) is 12.2 Å². The number of carbonyl (C=O) groups excluding carboxylic acids is 4. The van der Waals surface area contributed by atoms with E-state index in [1.807, 2.05) is 0 Å². The topological polar surface area (TPSA) is 133 Å². The van der Waals surface area contributed by atoms with Gasteiger partial charge in [-0.25, -0.2) is 0 Å². The number of benzene rings is 1. The lowest BCUT2D eigenvalue weighted by atomic mass is 9.98. The van der Waals surface area contributed by atoms with Gasteiger partial charge in [-0.2, -0.15) is 0 Å². The van der Waals surface area contributed by atoms with E-state index in [1.165, 1.54) is 35.6 Å². The first-order valence-corrected chi connectivity index (χ1v) is 13.0. The van der Waals surface area contributed by atoms with Crippen LogP contribution in [0.1, 0.15) is 38.1 Å². The maximum atomic E-state index is 12.5. The first-order valence-electron chi connectivity index (χ1n) is 12.1. The minimum absolute atomic E-state index is 0.241. The highest BCUT2D eigenvalue weighted by atomic mass is 32.1. The molecule has 2 heterocycles. The van der Waals surface area contributed by atoms with Crippen LogP contribution in [0.25, 0.3) is 0 Å². The Morgan fingerprint density at radius 3 is 1.98 bits per heavy atom. The average Bonchev–Trinajstić information content (AvgIpc) is 3.27. The molecule has 0 radical (unpaired) electrons. The number of halogens is 3. The molecule has 5 unspecified atom stereocenters. The summed E-state index contributed by atoms with van der Waals surface area (Å²) in [6, 6.07) is 6.86.